The van der Waals surface area contributed by atoms with Gasteiger partial charge in [-0.1, -0.05) is 30.3 Å². The third-order valence-corrected chi connectivity index (χ3v) is 4.55. The average Bonchev–Trinajstić information content (AvgIpc) is 3.23. The Balaban J connectivity index is 1.51. The molecule has 0 aliphatic carbocycles. The van der Waals surface area contributed by atoms with Crippen molar-refractivity contribution in [1.82, 2.24) is 19.5 Å². The van der Waals surface area contributed by atoms with Crippen molar-refractivity contribution in [2.24, 2.45) is 5.73 Å². The summed E-state index contributed by atoms with van der Waals surface area (Å²) in [5, 5.41) is 20.8. The highest BCUT2D eigenvalue weighted by atomic mass is 16.6. The number of nitrogen functional groups attached to an aromatic ring is 1. The molecule has 0 amide bonds. The molecule has 0 radical (unpaired) electrons. The number of benzene rings is 1. The van der Waals surface area contributed by atoms with E-state index in [1.807, 2.05) is 30.3 Å². The largest absolute Gasteiger partial charge is 0.387 e. The Morgan fingerprint density at radius 1 is 1.15 bits per heavy atom. The highest BCUT2D eigenvalue weighted by Crippen LogP contribution is 2.33. The van der Waals surface area contributed by atoms with E-state index in [0.29, 0.717) is 11.2 Å². The molecule has 0 spiro atoms. The number of imidazole rings is 1. The maximum absolute atomic E-state index is 10.5. The van der Waals surface area contributed by atoms with Crippen LogP contribution in [0, 0.1) is 0 Å². The molecule has 0 saturated carbocycles. The minimum atomic E-state index is -1.24. The number of rotatable bonds is 5. The summed E-state index contributed by atoms with van der Waals surface area (Å²) < 4.78 is 12.9. The summed E-state index contributed by atoms with van der Waals surface area (Å²) in [5.74, 6) is 0.214. The SMILES string of the molecule is Nc1ncnc2c1ncn2[C@@H]1O[C@H](C(N)OCc2ccccc2)[C@@H](O)[C@H]1O. The van der Waals surface area contributed by atoms with Gasteiger partial charge in [-0.15, -0.1) is 0 Å². The number of fused-ring (bicyclic) bond motifs is 1. The van der Waals surface area contributed by atoms with E-state index >= 15 is 0 Å². The second-order valence-corrected chi connectivity index (χ2v) is 6.32. The molecule has 0 bridgehead atoms. The maximum Gasteiger partial charge on any atom is 0.167 e. The van der Waals surface area contributed by atoms with Gasteiger partial charge in [-0.2, -0.15) is 0 Å². The molecule has 10 heteroatoms. The minimum absolute atomic E-state index is 0.214. The average molecular weight is 372 g/mol. The highest BCUT2D eigenvalue weighted by molar-refractivity contribution is 5.81. The second kappa shape index (κ2) is 7.18. The van der Waals surface area contributed by atoms with Gasteiger partial charge in [0.1, 0.15) is 36.4 Å². The van der Waals surface area contributed by atoms with E-state index in [2.05, 4.69) is 15.0 Å². The van der Waals surface area contributed by atoms with E-state index in [9.17, 15) is 10.2 Å². The quantitative estimate of drug-likeness (QED) is 0.435. The minimum Gasteiger partial charge on any atom is -0.387 e. The van der Waals surface area contributed by atoms with Gasteiger partial charge in [-0.3, -0.25) is 4.57 Å². The van der Waals surface area contributed by atoms with Gasteiger partial charge in [0.05, 0.1) is 12.9 Å². The van der Waals surface area contributed by atoms with Crippen LogP contribution in [0.1, 0.15) is 11.8 Å². The first-order valence-corrected chi connectivity index (χ1v) is 8.42. The fourth-order valence-corrected chi connectivity index (χ4v) is 3.10. The molecule has 10 nitrogen and oxygen atoms in total. The number of nitrogens with zero attached hydrogens (tertiary/aromatic N) is 4. The van der Waals surface area contributed by atoms with Crippen molar-refractivity contribution in [1.29, 1.82) is 0 Å². The van der Waals surface area contributed by atoms with Gasteiger partial charge in [0.25, 0.3) is 0 Å². The van der Waals surface area contributed by atoms with Crippen LogP contribution in [-0.4, -0.2) is 54.3 Å². The number of ether oxygens (including phenoxy) is 2. The molecule has 1 unspecified atom stereocenters. The fraction of sp³-hybridized carbons (Fsp3) is 0.353. The van der Waals surface area contributed by atoms with Crippen molar-refractivity contribution in [2.75, 3.05) is 5.73 Å². The van der Waals surface area contributed by atoms with Crippen LogP contribution < -0.4 is 11.5 Å². The van der Waals surface area contributed by atoms with Gasteiger partial charge >= 0.3 is 0 Å². The summed E-state index contributed by atoms with van der Waals surface area (Å²) in [6.07, 6.45) is -2.56. The third kappa shape index (κ3) is 3.24. The molecule has 1 aliphatic heterocycles. The Morgan fingerprint density at radius 2 is 1.93 bits per heavy atom. The third-order valence-electron chi connectivity index (χ3n) is 4.55. The molecule has 3 heterocycles. The monoisotopic (exact) mass is 372 g/mol. The molecule has 1 fully saturated rings. The number of aromatic nitrogens is 4. The number of hydrogen-bond donors (Lipinski definition) is 4. The van der Waals surface area contributed by atoms with Crippen LogP contribution in [0.25, 0.3) is 11.2 Å². The van der Waals surface area contributed by atoms with Crippen LogP contribution in [0.15, 0.2) is 43.0 Å². The van der Waals surface area contributed by atoms with Gasteiger partial charge in [0.15, 0.2) is 17.7 Å². The number of aliphatic hydroxyl groups is 2. The van der Waals surface area contributed by atoms with Crippen molar-refractivity contribution in [3.05, 3.63) is 48.5 Å². The Hall–Kier alpha value is -2.63. The molecule has 3 aromatic rings. The highest BCUT2D eigenvalue weighted by Gasteiger charge is 2.47. The first-order chi connectivity index (χ1) is 13.1. The van der Waals surface area contributed by atoms with Crippen molar-refractivity contribution in [3.63, 3.8) is 0 Å². The van der Waals surface area contributed by atoms with Crippen LogP contribution in [0.2, 0.25) is 0 Å². The summed E-state index contributed by atoms with van der Waals surface area (Å²) in [4.78, 5) is 12.1. The number of anilines is 1. The Morgan fingerprint density at radius 3 is 2.70 bits per heavy atom. The van der Waals surface area contributed by atoms with Crippen molar-refractivity contribution < 1.29 is 19.7 Å². The fourth-order valence-electron chi connectivity index (χ4n) is 3.10. The lowest BCUT2D eigenvalue weighted by Crippen LogP contribution is -2.45. The van der Waals surface area contributed by atoms with E-state index in [1.165, 1.54) is 17.2 Å². The van der Waals surface area contributed by atoms with Gasteiger partial charge in [-0.05, 0) is 5.56 Å². The van der Waals surface area contributed by atoms with Crippen molar-refractivity contribution in [3.8, 4) is 0 Å². The molecule has 1 saturated heterocycles. The lowest BCUT2D eigenvalue weighted by Gasteiger charge is -2.22. The summed E-state index contributed by atoms with van der Waals surface area (Å²) >= 11 is 0. The maximum atomic E-state index is 10.5. The smallest absolute Gasteiger partial charge is 0.167 e. The second-order valence-electron chi connectivity index (χ2n) is 6.32. The Labute approximate surface area is 154 Å². The van der Waals surface area contributed by atoms with E-state index in [4.69, 9.17) is 20.9 Å². The van der Waals surface area contributed by atoms with Crippen LogP contribution >= 0.6 is 0 Å². The first kappa shape index (κ1) is 17.8. The molecular weight excluding hydrogens is 352 g/mol. The predicted molar refractivity (Wildman–Crippen MR) is 94.9 cm³/mol. The molecule has 142 valence electrons. The molecule has 6 N–H and O–H groups in total. The standard InChI is InChI=1S/C17H20N6O4/c18-14-10-16(21-7-20-14)23(8-22-10)17-12(25)11(24)13(27-17)15(19)26-6-9-4-2-1-3-5-9/h1-5,7-8,11-13,15,17,24-25H,6,19H2,(H2,18,20,21)/t11-,12+,13-,15?,17+/m0/s1. The van der Waals surface area contributed by atoms with E-state index < -0.39 is 30.8 Å². The van der Waals surface area contributed by atoms with E-state index in [-0.39, 0.29) is 12.4 Å². The summed E-state index contributed by atoms with van der Waals surface area (Å²) in [5.41, 5.74) is 13.5. The van der Waals surface area contributed by atoms with Gasteiger partial charge in [0.2, 0.25) is 0 Å². The molecule has 1 aromatic carbocycles. The number of hydrogen-bond acceptors (Lipinski definition) is 9. The predicted octanol–water partition coefficient (Wildman–Crippen LogP) is -0.471. The number of aliphatic hydroxyl groups excluding tert-OH is 2. The van der Waals surface area contributed by atoms with E-state index in [0.717, 1.165) is 5.56 Å². The van der Waals surface area contributed by atoms with Crippen molar-refractivity contribution in [2.45, 2.75) is 37.4 Å². The van der Waals surface area contributed by atoms with Crippen LogP contribution in [-0.2, 0) is 16.1 Å². The Bertz CT molecular complexity index is 920. The van der Waals surface area contributed by atoms with E-state index in [1.54, 1.807) is 0 Å². The zero-order valence-electron chi connectivity index (χ0n) is 14.3. The lowest BCUT2D eigenvalue weighted by molar-refractivity contribution is -0.109. The normalized spacial score (nSPS) is 26.5. The zero-order chi connectivity index (χ0) is 19.0. The summed E-state index contributed by atoms with van der Waals surface area (Å²) in [6.45, 7) is 0.257. The summed E-state index contributed by atoms with van der Waals surface area (Å²) in [7, 11) is 0. The molecule has 5 atom stereocenters. The zero-order valence-corrected chi connectivity index (χ0v) is 14.3. The van der Waals surface area contributed by atoms with Crippen LogP contribution in [0.4, 0.5) is 5.82 Å². The van der Waals surface area contributed by atoms with Gasteiger partial charge in [-0.25, -0.2) is 15.0 Å². The van der Waals surface area contributed by atoms with Crippen LogP contribution in [0.3, 0.4) is 0 Å². The van der Waals surface area contributed by atoms with Crippen LogP contribution in [0.5, 0.6) is 0 Å². The molecule has 2 aromatic heterocycles. The number of nitrogens with two attached hydrogens (primary N) is 2. The topological polar surface area (TPSA) is 155 Å². The summed E-state index contributed by atoms with van der Waals surface area (Å²) in [6, 6.07) is 9.49. The molecule has 4 rings (SSSR count). The van der Waals surface area contributed by atoms with Crippen molar-refractivity contribution >= 4 is 17.0 Å². The van der Waals surface area contributed by atoms with Gasteiger partial charge in [0, 0.05) is 0 Å². The molecule has 27 heavy (non-hydrogen) atoms. The lowest BCUT2D eigenvalue weighted by atomic mass is 10.1. The first-order valence-electron chi connectivity index (χ1n) is 8.42. The molecule has 1 aliphatic rings. The Kier molecular flexibility index (Phi) is 4.72. The van der Waals surface area contributed by atoms with Gasteiger partial charge < -0.3 is 31.2 Å². The molecular formula is C17H20N6O4.